The summed E-state index contributed by atoms with van der Waals surface area (Å²) in [5.74, 6) is 2.12. The highest BCUT2D eigenvalue weighted by Gasteiger charge is 2.19. The molecule has 1 fully saturated rings. The van der Waals surface area contributed by atoms with Gasteiger partial charge in [-0.05, 0) is 11.8 Å². The molecule has 0 N–H and O–H groups in total. The molecule has 0 bridgehead atoms. The van der Waals surface area contributed by atoms with Crippen molar-refractivity contribution in [1.82, 2.24) is 0 Å². The molecule has 0 aliphatic heterocycles. The maximum atomic E-state index is 6.07. The van der Waals surface area contributed by atoms with Gasteiger partial charge in [-0.25, -0.2) is 0 Å². The summed E-state index contributed by atoms with van der Waals surface area (Å²) in [5.41, 5.74) is 0. The maximum Gasteiger partial charge on any atom is 0.0703 e. The largest absolute Gasteiger partial charge is 0.0769 e. The first-order chi connectivity index (χ1) is 6.09. The molecule has 1 saturated carbocycles. The zero-order valence-corrected chi connectivity index (χ0v) is 9.00. The summed E-state index contributed by atoms with van der Waals surface area (Å²) in [4.78, 5) is 0. The Kier molecular flexibility index (Phi) is 4.41. The van der Waals surface area contributed by atoms with E-state index in [2.05, 4.69) is 13.8 Å². The van der Waals surface area contributed by atoms with Gasteiger partial charge in [0.1, 0.15) is 0 Å². The molecular weight excluding hydrogens is 154 g/mol. The fourth-order valence-corrected chi connectivity index (χ4v) is 2.37. The Labute approximate surface area is 85.7 Å². The molecule has 0 aromatic rings. The average molecular weight is 174 g/mol. The van der Waals surface area contributed by atoms with E-state index in [-0.39, 0.29) is 0 Å². The molecule has 2 heteroatoms. The van der Waals surface area contributed by atoms with Gasteiger partial charge in [0, 0.05) is 0 Å². The van der Waals surface area contributed by atoms with Crippen LogP contribution in [-0.2, 0) is 0 Å². The van der Waals surface area contributed by atoms with Crippen molar-refractivity contribution in [1.29, 1.82) is 0 Å². The average Bonchev–Trinajstić information content (AvgIpc) is 2.06. The van der Waals surface area contributed by atoms with E-state index in [0.29, 0.717) is 17.6 Å². The summed E-state index contributed by atoms with van der Waals surface area (Å²) in [7, 11) is 12.1. The van der Waals surface area contributed by atoms with Gasteiger partial charge in [-0.1, -0.05) is 57.6 Å². The Bertz CT molecular complexity index is 147. The fourth-order valence-electron chi connectivity index (χ4n) is 2.37. The molecule has 1 aliphatic carbocycles. The summed E-state index contributed by atoms with van der Waals surface area (Å²) in [5, 5.41) is 0. The first-order valence-electron chi connectivity index (χ1n) is 5.60. The molecule has 0 nitrogen and oxygen atoms in total. The van der Waals surface area contributed by atoms with Gasteiger partial charge in [-0.15, -0.1) is 0 Å². The molecular formula is C11H20B2. The normalized spacial score (nSPS) is 43.2. The molecule has 4 radical (unpaired) electrons. The molecule has 70 valence electrons. The molecule has 0 amide bonds. The minimum Gasteiger partial charge on any atom is -0.0769 e. The van der Waals surface area contributed by atoms with E-state index < -0.39 is 0 Å². The summed E-state index contributed by atoms with van der Waals surface area (Å²) in [6.45, 7) is 4.54. The van der Waals surface area contributed by atoms with Gasteiger partial charge in [0.15, 0.2) is 0 Å². The van der Waals surface area contributed by atoms with Crippen molar-refractivity contribution < 1.29 is 0 Å². The van der Waals surface area contributed by atoms with Gasteiger partial charge in [-0.3, -0.25) is 0 Å². The fraction of sp³-hybridized carbons (Fsp3) is 1.00. The molecule has 2 unspecified atom stereocenters. The van der Waals surface area contributed by atoms with Crippen molar-refractivity contribution in [3.05, 3.63) is 0 Å². The molecule has 0 spiro atoms. The minimum atomic E-state index is 0.370. The van der Waals surface area contributed by atoms with Crippen molar-refractivity contribution >= 4 is 15.7 Å². The predicted molar refractivity (Wildman–Crippen MR) is 60.4 cm³/mol. The first-order valence-corrected chi connectivity index (χ1v) is 5.60. The zero-order chi connectivity index (χ0) is 9.84. The molecule has 0 heterocycles. The summed E-state index contributed by atoms with van der Waals surface area (Å²) < 4.78 is 0. The van der Waals surface area contributed by atoms with Crippen LogP contribution in [0.15, 0.2) is 0 Å². The quantitative estimate of drug-likeness (QED) is 0.494. The van der Waals surface area contributed by atoms with Crippen molar-refractivity contribution in [2.24, 2.45) is 11.8 Å². The van der Waals surface area contributed by atoms with Gasteiger partial charge < -0.3 is 0 Å². The molecule has 13 heavy (non-hydrogen) atoms. The predicted octanol–water partition coefficient (Wildman–Crippen LogP) is 3.14. The molecule has 0 aromatic carbocycles. The molecule has 1 rings (SSSR count). The van der Waals surface area contributed by atoms with Crippen LogP contribution in [0.25, 0.3) is 0 Å². The summed E-state index contributed by atoms with van der Waals surface area (Å²) in [6, 6.07) is 0. The van der Waals surface area contributed by atoms with Crippen LogP contribution in [0.5, 0.6) is 0 Å². The van der Waals surface area contributed by atoms with Crippen LogP contribution >= 0.6 is 0 Å². The van der Waals surface area contributed by atoms with E-state index in [9.17, 15) is 0 Å². The second-order valence-electron chi connectivity index (χ2n) is 4.91. The smallest absolute Gasteiger partial charge is 0.0703 e. The Morgan fingerprint density at radius 2 is 1.69 bits per heavy atom. The highest BCUT2D eigenvalue weighted by atomic mass is 14.2. The van der Waals surface area contributed by atoms with Crippen molar-refractivity contribution in [3.63, 3.8) is 0 Å². The third-order valence-corrected chi connectivity index (χ3v) is 3.34. The molecule has 4 atom stereocenters. The maximum absolute atomic E-state index is 6.07. The van der Waals surface area contributed by atoms with Gasteiger partial charge >= 0.3 is 0 Å². The summed E-state index contributed by atoms with van der Waals surface area (Å²) >= 11 is 0. The van der Waals surface area contributed by atoms with E-state index >= 15 is 0 Å². The number of hydrogen-bond acceptors (Lipinski definition) is 0. The van der Waals surface area contributed by atoms with E-state index in [1.165, 1.54) is 25.7 Å². The highest BCUT2D eigenvalue weighted by molar-refractivity contribution is 6.12. The van der Waals surface area contributed by atoms with Gasteiger partial charge in [-0.2, -0.15) is 0 Å². The van der Waals surface area contributed by atoms with Crippen molar-refractivity contribution in [2.45, 2.75) is 57.6 Å². The summed E-state index contributed by atoms with van der Waals surface area (Å²) in [6.07, 6.45) is 6.04. The Balaban J connectivity index is 2.48. The van der Waals surface area contributed by atoms with Gasteiger partial charge in [0.05, 0.1) is 15.7 Å². The van der Waals surface area contributed by atoms with Crippen molar-refractivity contribution in [3.8, 4) is 0 Å². The van der Waals surface area contributed by atoms with Crippen LogP contribution in [0.4, 0.5) is 0 Å². The van der Waals surface area contributed by atoms with Crippen LogP contribution in [-0.4, -0.2) is 15.7 Å². The zero-order valence-electron chi connectivity index (χ0n) is 9.00. The number of hydrogen-bond donors (Lipinski definition) is 0. The lowest BCUT2D eigenvalue weighted by Crippen LogP contribution is -2.08. The van der Waals surface area contributed by atoms with Crippen LogP contribution in [0.3, 0.4) is 0 Å². The van der Waals surface area contributed by atoms with Crippen LogP contribution in [0.2, 0.25) is 11.6 Å². The molecule has 0 saturated heterocycles. The lowest BCUT2D eigenvalue weighted by molar-refractivity contribution is 0.448. The van der Waals surface area contributed by atoms with E-state index in [1.54, 1.807) is 0 Å². The van der Waals surface area contributed by atoms with Crippen LogP contribution in [0, 0.1) is 11.8 Å². The Morgan fingerprint density at radius 1 is 1.00 bits per heavy atom. The van der Waals surface area contributed by atoms with Gasteiger partial charge in [0.2, 0.25) is 0 Å². The van der Waals surface area contributed by atoms with Crippen molar-refractivity contribution in [2.75, 3.05) is 0 Å². The number of rotatable bonds is 0. The Morgan fingerprint density at radius 3 is 2.38 bits per heavy atom. The standard InChI is InChI=1S/C11H20B2/c1-8-4-3-5-11(13)9(2)7-10(12)6-8/h8-11H,3-7H2,1-2H3/t8?,9?,10-,11+/m0/s1. The first kappa shape index (κ1) is 11.2. The van der Waals surface area contributed by atoms with E-state index in [1.807, 2.05) is 0 Å². The third kappa shape index (κ3) is 3.79. The second kappa shape index (κ2) is 5.12. The Hall–Kier alpha value is 0.130. The molecule has 1 aliphatic rings. The molecule has 0 aromatic heterocycles. The SMILES string of the molecule is [B][C@H]1CC(C)CCC[C@@H]([B])C(C)C1. The topological polar surface area (TPSA) is 0 Å². The van der Waals surface area contributed by atoms with Crippen LogP contribution < -0.4 is 0 Å². The lowest BCUT2D eigenvalue weighted by atomic mass is 9.68. The van der Waals surface area contributed by atoms with Crippen LogP contribution in [0.1, 0.15) is 46.0 Å². The monoisotopic (exact) mass is 174 g/mol. The lowest BCUT2D eigenvalue weighted by Gasteiger charge is -2.22. The minimum absolute atomic E-state index is 0.370. The van der Waals surface area contributed by atoms with Gasteiger partial charge in [0.25, 0.3) is 0 Å². The second-order valence-corrected chi connectivity index (χ2v) is 4.91. The van der Waals surface area contributed by atoms with E-state index in [4.69, 9.17) is 15.7 Å². The van der Waals surface area contributed by atoms with E-state index in [0.717, 1.165) is 12.3 Å². The highest BCUT2D eigenvalue weighted by Crippen LogP contribution is 2.34. The third-order valence-electron chi connectivity index (χ3n) is 3.34.